The van der Waals surface area contributed by atoms with Gasteiger partial charge < -0.3 is 0 Å². The van der Waals surface area contributed by atoms with Gasteiger partial charge in [0.2, 0.25) is 0 Å². The second-order valence-corrected chi connectivity index (χ2v) is 11.9. The van der Waals surface area contributed by atoms with Crippen LogP contribution in [-0.4, -0.2) is 0 Å². The average Bonchev–Trinajstić information content (AvgIpc) is 2.97. The van der Waals surface area contributed by atoms with Crippen molar-refractivity contribution >= 4 is 0 Å². The van der Waals surface area contributed by atoms with Crippen LogP contribution in [0.3, 0.4) is 0 Å². The molecule has 0 aromatic heterocycles. The number of benzene rings is 3. The number of halogens is 3. The van der Waals surface area contributed by atoms with Crippen LogP contribution in [0.25, 0.3) is 22.3 Å². The maximum atomic E-state index is 15.3. The van der Waals surface area contributed by atoms with Gasteiger partial charge in [0.25, 0.3) is 0 Å². The fourth-order valence-electron chi connectivity index (χ4n) is 7.09. The maximum Gasteiger partial charge on any atom is 0.166 e. The van der Waals surface area contributed by atoms with E-state index in [0.29, 0.717) is 17.0 Å². The molecule has 0 N–H and O–H groups in total. The molecule has 2 aliphatic rings. The third-order valence-electron chi connectivity index (χ3n) is 9.55. The smallest absolute Gasteiger partial charge is 0.166 e. The number of aryl methyl sites for hydroxylation is 1. The minimum atomic E-state index is -0.847. The van der Waals surface area contributed by atoms with Crippen LogP contribution in [0.5, 0.6) is 0 Å². The molecule has 0 atom stereocenters. The monoisotopic (exact) mass is 530 g/mol. The van der Waals surface area contributed by atoms with Gasteiger partial charge in [-0.3, -0.25) is 0 Å². The molecular weight excluding hydrogens is 489 g/mol. The van der Waals surface area contributed by atoms with Crippen molar-refractivity contribution < 1.29 is 13.2 Å². The van der Waals surface area contributed by atoms with Crippen LogP contribution in [0.4, 0.5) is 13.2 Å². The largest absolute Gasteiger partial charge is 0.206 e. The fourth-order valence-corrected chi connectivity index (χ4v) is 7.09. The molecule has 206 valence electrons. The van der Waals surface area contributed by atoms with E-state index < -0.39 is 11.6 Å². The predicted octanol–water partition coefficient (Wildman–Crippen LogP) is 11.2. The normalized spacial score (nSPS) is 23.8. The predicted molar refractivity (Wildman–Crippen MR) is 156 cm³/mol. The summed E-state index contributed by atoms with van der Waals surface area (Å²) in [6, 6.07) is 15.9. The van der Waals surface area contributed by atoms with Gasteiger partial charge in [0, 0.05) is 11.1 Å². The fraction of sp³-hybridized carbons (Fsp3) is 0.444. The molecule has 2 saturated carbocycles. The van der Waals surface area contributed by atoms with Crippen molar-refractivity contribution in [3.05, 3.63) is 95.3 Å². The van der Waals surface area contributed by atoms with E-state index >= 15 is 4.39 Å². The van der Waals surface area contributed by atoms with Gasteiger partial charge in [0.15, 0.2) is 11.6 Å². The molecule has 0 spiro atoms. The number of hydrogen-bond donors (Lipinski definition) is 0. The second-order valence-electron chi connectivity index (χ2n) is 11.9. The topological polar surface area (TPSA) is 0 Å². The first-order chi connectivity index (χ1) is 18.9. The first-order valence-electron chi connectivity index (χ1n) is 14.9. The van der Waals surface area contributed by atoms with Crippen molar-refractivity contribution in [1.29, 1.82) is 0 Å². The van der Waals surface area contributed by atoms with Crippen molar-refractivity contribution in [2.24, 2.45) is 17.8 Å². The Labute approximate surface area is 232 Å². The van der Waals surface area contributed by atoms with Crippen molar-refractivity contribution in [3.8, 4) is 22.3 Å². The zero-order valence-corrected chi connectivity index (χ0v) is 23.4. The Kier molecular flexibility index (Phi) is 8.95. The average molecular weight is 531 g/mol. The zero-order valence-electron chi connectivity index (χ0n) is 23.4. The highest BCUT2D eigenvalue weighted by Crippen LogP contribution is 2.45. The van der Waals surface area contributed by atoms with Gasteiger partial charge in [-0.25, -0.2) is 13.2 Å². The summed E-state index contributed by atoms with van der Waals surface area (Å²) in [5, 5.41) is 0. The molecule has 39 heavy (non-hydrogen) atoms. The molecule has 5 rings (SSSR count). The summed E-state index contributed by atoms with van der Waals surface area (Å²) in [5.74, 6) is 1.19. The Balaban J connectivity index is 1.18. The van der Waals surface area contributed by atoms with Gasteiger partial charge in [-0.15, -0.1) is 0 Å². The maximum absolute atomic E-state index is 15.3. The van der Waals surface area contributed by atoms with Gasteiger partial charge in [-0.1, -0.05) is 73.5 Å². The first-order valence-corrected chi connectivity index (χ1v) is 14.9. The molecule has 3 aromatic rings. The number of allylic oxidation sites excluding steroid dienone is 2. The molecule has 2 fully saturated rings. The SMILES string of the molecule is C/C=C/CCC1CCC(C2CCC(c3ccc(-c4ccc(-c5ccc(C)c(F)c5F)cc4)c(F)c3)CC2)CC1. The van der Waals surface area contributed by atoms with Gasteiger partial charge in [-0.2, -0.15) is 0 Å². The van der Waals surface area contributed by atoms with Crippen molar-refractivity contribution in [3.63, 3.8) is 0 Å². The van der Waals surface area contributed by atoms with Crippen molar-refractivity contribution in [2.45, 2.75) is 84.0 Å². The van der Waals surface area contributed by atoms with Gasteiger partial charge in [0.1, 0.15) is 5.82 Å². The van der Waals surface area contributed by atoms with E-state index in [9.17, 15) is 8.78 Å². The first kappa shape index (κ1) is 27.7. The molecule has 0 bridgehead atoms. The van der Waals surface area contributed by atoms with E-state index in [-0.39, 0.29) is 16.9 Å². The number of rotatable bonds is 7. The Morgan fingerprint density at radius 1 is 0.692 bits per heavy atom. The van der Waals surface area contributed by atoms with Crippen LogP contribution in [-0.2, 0) is 0 Å². The molecule has 2 aliphatic carbocycles. The second kappa shape index (κ2) is 12.6. The third-order valence-corrected chi connectivity index (χ3v) is 9.55. The lowest BCUT2D eigenvalue weighted by molar-refractivity contribution is 0.157. The lowest BCUT2D eigenvalue weighted by Gasteiger charge is -2.38. The van der Waals surface area contributed by atoms with Gasteiger partial charge in [0.05, 0.1) is 0 Å². The minimum Gasteiger partial charge on any atom is -0.206 e. The Hall–Kier alpha value is -2.81. The van der Waals surface area contributed by atoms with Crippen molar-refractivity contribution in [1.82, 2.24) is 0 Å². The van der Waals surface area contributed by atoms with E-state index in [1.807, 2.05) is 6.07 Å². The van der Waals surface area contributed by atoms with E-state index in [0.717, 1.165) is 41.7 Å². The molecule has 0 unspecified atom stereocenters. The lowest BCUT2D eigenvalue weighted by Crippen LogP contribution is -2.25. The highest BCUT2D eigenvalue weighted by atomic mass is 19.2. The lowest BCUT2D eigenvalue weighted by atomic mass is 9.68. The third kappa shape index (κ3) is 6.34. The summed E-state index contributed by atoms with van der Waals surface area (Å²) in [6.45, 7) is 3.65. The molecule has 0 aliphatic heterocycles. The summed E-state index contributed by atoms with van der Waals surface area (Å²) >= 11 is 0. The van der Waals surface area contributed by atoms with Gasteiger partial charge >= 0.3 is 0 Å². The highest BCUT2D eigenvalue weighted by molar-refractivity contribution is 5.71. The zero-order chi connectivity index (χ0) is 27.4. The summed E-state index contributed by atoms with van der Waals surface area (Å²) in [4.78, 5) is 0. The van der Waals surface area contributed by atoms with E-state index in [4.69, 9.17) is 0 Å². The highest BCUT2D eigenvalue weighted by Gasteiger charge is 2.31. The molecule has 0 amide bonds. The Morgan fingerprint density at radius 3 is 1.90 bits per heavy atom. The molecule has 0 radical (unpaired) electrons. The Morgan fingerprint density at radius 2 is 1.28 bits per heavy atom. The van der Waals surface area contributed by atoms with Crippen LogP contribution in [0.1, 0.15) is 88.2 Å². The van der Waals surface area contributed by atoms with Crippen LogP contribution >= 0.6 is 0 Å². The molecule has 0 nitrogen and oxygen atoms in total. The Bertz CT molecular complexity index is 1270. The standard InChI is InChI=1S/C36H41F3/c1-3-4-5-6-25-8-10-26(11-9-25)27-12-14-28(15-13-27)31-20-22-32(34(37)23-31)29-16-18-30(19-17-29)33-21-7-24(2)35(38)36(33)39/h3-4,7,16-23,25-28H,5-6,8-15H2,1-2H3/b4-3+. The minimum absolute atomic E-state index is 0.216. The van der Waals surface area contributed by atoms with Crippen molar-refractivity contribution in [2.75, 3.05) is 0 Å². The molecule has 0 heterocycles. The van der Waals surface area contributed by atoms with E-state index in [2.05, 4.69) is 25.1 Å². The molecular formula is C36H41F3. The summed E-state index contributed by atoms with van der Waals surface area (Å²) in [5.41, 5.74) is 3.46. The van der Waals surface area contributed by atoms with Crippen LogP contribution < -0.4 is 0 Å². The summed E-state index contributed by atoms with van der Waals surface area (Å²) < 4.78 is 43.7. The molecule has 0 saturated heterocycles. The summed E-state index contributed by atoms with van der Waals surface area (Å²) in [6.07, 6.45) is 17.5. The van der Waals surface area contributed by atoms with Gasteiger partial charge in [-0.05, 0) is 117 Å². The number of hydrogen-bond acceptors (Lipinski definition) is 0. The molecule has 3 aromatic carbocycles. The van der Waals surface area contributed by atoms with E-state index in [1.54, 1.807) is 49.4 Å². The van der Waals surface area contributed by atoms with Crippen LogP contribution in [0.2, 0.25) is 0 Å². The summed E-state index contributed by atoms with van der Waals surface area (Å²) in [7, 11) is 0. The quantitative estimate of drug-likeness (QED) is 0.267. The molecule has 3 heteroatoms. The van der Waals surface area contributed by atoms with Crippen LogP contribution in [0, 0.1) is 42.1 Å². The van der Waals surface area contributed by atoms with E-state index in [1.165, 1.54) is 51.4 Å². The van der Waals surface area contributed by atoms with Crippen LogP contribution in [0.15, 0.2) is 66.7 Å².